The summed E-state index contributed by atoms with van der Waals surface area (Å²) in [6.07, 6.45) is 0. The minimum Gasteiger partial charge on any atom is -0.489 e. The van der Waals surface area contributed by atoms with E-state index in [1.807, 2.05) is 6.07 Å². The largest absolute Gasteiger partial charge is 0.489 e. The summed E-state index contributed by atoms with van der Waals surface area (Å²) >= 11 is 0. The molecule has 0 aromatic heterocycles. The van der Waals surface area contributed by atoms with Crippen molar-refractivity contribution in [3.8, 4) is 11.8 Å². The number of hydrogen-bond acceptors (Lipinski definition) is 5. The Kier molecular flexibility index (Phi) is 4.34. The number of benzene rings is 2. The van der Waals surface area contributed by atoms with Gasteiger partial charge in [-0.1, -0.05) is 0 Å². The molecule has 7 nitrogen and oxygen atoms in total. The van der Waals surface area contributed by atoms with Crippen molar-refractivity contribution >= 4 is 11.6 Å². The van der Waals surface area contributed by atoms with E-state index in [9.17, 15) is 14.9 Å². The summed E-state index contributed by atoms with van der Waals surface area (Å²) in [4.78, 5) is 21.5. The fourth-order valence-electron chi connectivity index (χ4n) is 1.80. The highest BCUT2D eigenvalue weighted by atomic mass is 16.6. The van der Waals surface area contributed by atoms with Gasteiger partial charge >= 0.3 is 0 Å². The third-order valence-electron chi connectivity index (χ3n) is 2.94. The summed E-state index contributed by atoms with van der Waals surface area (Å²) in [6, 6.07) is 12.3. The Bertz CT molecular complexity index is 763. The van der Waals surface area contributed by atoms with Gasteiger partial charge in [-0.05, 0) is 36.4 Å². The zero-order chi connectivity index (χ0) is 16.1. The summed E-state index contributed by atoms with van der Waals surface area (Å²) in [5.74, 6) is -0.255. The molecular weight excluding hydrogens is 286 g/mol. The van der Waals surface area contributed by atoms with Gasteiger partial charge in [0.15, 0.2) is 0 Å². The minimum absolute atomic E-state index is 0.0404. The number of primary amides is 1. The Balaban J connectivity index is 2.19. The van der Waals surface area contributed by atoms with Crippen LogP contribution in [-0.4, -0.2) is 10.8 Å². The molecule has 0 heterocycles. The van der Waals surface area contributed by atoms with Crippen LogP contribution in [-0.2, 0) is 6.61 Å². The van der Waals surface area contributed by atoms with E-state index in [0.717, 1.165) is 6.07 Å². The van der Waals surface area contributed by atoms with E-state index in [1.54, 1.807) is 24.3 Å². The van der Waals surface area contributed by atoms with Gasteiger partial charge in [-0.2, -0.15) is 5.26 Å². The average Bonchev–Trinajstić information content (AvgIpc) is 2.53. The van der Waals surface area contributed by atoms with Crippen molar-refractivity contribution in [1.29, 1.82) is 5.26 Å². The van der Waals surface area contributed by atoms with Crippen molar-refractivity contribution in [2.75, 3.05) is 0 Å². The van der Waals surface area contributed by atoms with Crippen molar-refractivity contribution in [1.82, 2.24) is 0 Å². The Morgan fingerprint density at radius 1 is 1.27 bits per heavy atom. The van der Waals surface area contributed by atoms with Gasteiger partial charge in [0.1, 0.15) is 12.4 Å². The number of carbonyl (C=O) groups is 1. The van der Waals surface area contributed by atoms with E-state index in [1.165, 1.54) is 12.1 Å². The highest BCUT2D eigenvalue weighted by molar-refractivity contribution is 5.93. The van der Waals surface area contributed by atoms with Crippen LogP contribution in [0.5, 0.6) is 5.75 Å². The Hall–Kier alpha value is -3.40. The number of hydrogen-bond donors (Lipinski definition) is 1. The average molecular weight is 297 g/mol. The normalized spacial score (nSPS) is 9.77. The molecule has 0 saturated heterocycles. The van der Waals surface area contributed by atoms with Crippen LogP contribution in [0, 0.1) is 21.4 Å². The van der Waals surface area contributed by atoms with Gasteiger partial charge in [0.2, 0.25) is 5.91 Å². The zero-order valence-electron chi connectivity index (χ0n) is 11.4. The number of rotatable bonds is 5. The number of nitro groups is 1. The first-order valence-corrected chi connectivity index (χ1v) is 6.21. The van der Waals surface area contributed by atoms with Gasteiger partial charge in [0.05, 0.1) is 22.1 Å². The Morgan fingerprint density at radius 2 is 1.95 bits per heavy atom. The minimum atomic E-state index is -0.734. The monoisotopic (exact) mass is 297 g/mol. The molecule has 0 fully saturated rings. The molecular formula is C15H11N3O4. The summed E-state index contributed by atoms with van der Waals surface area (Å²) in [7, 11) is 0. The first-order valence-electron chi connectivity index (χ1n) is 6.21. The molecule has 2 aromatic rings. The molecule has 2 N–H and O–H groups in total. The standard InChI is InChI=1S/C15H11N3O4/c16-8-10-1-5-13(6-2-10)22-9-12-4-3-11(15(17)19)7-14(12)18(20)21/h1-7H,9H2,(H2,17,19). The van der Waals surface area contributed by atoms with Crippen LogP contribution in [0.3, 0.4) is 0 Å². The molecule has 0 radical (unpaired) electrons. The lowest BCUT2D eigenvalue weighted by molar-refractivity contribution is -0.385. The van der Waals surface area contributed by atoms with Gasteiger partial charge in [0, 0.05) is 11.6 Å². The fraction of sp³-hybridized carbons (Fsp3) is 0.0667. The molecule has 0 saturated carbocycles. The number of nitrogens with zero attached hydrogens (tertiary/aromatic N) is 2. The predicted molar refractivity (Wildman–Crippen MR) is 77.1 cm³/mol. The highest BCUT2D eigenvalue weighted by Crippen LogP contribution is 2.22. The van der Waals surface area contributed by atoms with Crippen LogP contribution in [0.25, 0.3) is 0 Å². The van der Waals surface area contributed by atoms with E-state index in [0.29, 0.717) is 16.9 Å². The molecule has 0 atom stereocenters. The Morgan fingerprint density at radius 3 is 2.50 bits per heavy atom. The number of amides is 1. The third-order valence-corrected chi connectivity index (χ3v) is 2.94. The van der Waals surface area contributed by atoms with Crippen molar-refractivity contribution in [2.45, 2.75) is 6.61 Å². The SMILES string of the molecule is N#Cc1ccc(OCc2ccc(C(N)=O)cc2[N+](=O)[O-])cc1. The quantitative estimate of drug-likeness (QED) is 0.669. The maximum absolute atomic E-state index is 11.1. The smallest absolute Gasteiger partial charge is 0.276 e. The maximum atomic E-state index is 11.1. The summed E-state index contributed by atoms with van der Waals surface area (Å²) in [6.45, 7) is -0.0404. The number of nitro benzene ring substituents is 1. The van der Waals surface area contributed by atoms with Crippen molar-refractivity contribution in [2.24, 2.45) is 5.73 Å². The molecule has 0 spiro atoms. The molecule has 7 heteroatoms. The van der Waals surface area contributed by atoms with Gasteiger partial charge in [-0.3, -0.25) is 14.9 Å². The molecule has 1 amide bonds. The van der Waals surface area contributed by atoms with E-state index in [-0.39, 0.29) is 17.9 Å². The van der Waals surface area contributed by atoms with E-state index in [2.05, 4.69) is 0 Å². The van der Waals surface area contributed by atoms with Crippen LogP contribution in [0.1, 0.15) is 21.5 Å². The van der Waals surface area contributed by atoms with Crippen molar-refractivity contribution < 1.29 is 14.5 Å². The second-order valence-electron chi connectivity index (χ2n) is 4.39. The topological polar surface area (TPSA) is 119 Å². The van der Waals surface area contributed by atoms with Crippen molar-refractivity contribution in [3.63, 3.8) is 0 Å². The Labute approximate surface area is 125 Å². The number of nitriles is 1. The summed E-state index contributed by atoms with van der Waals surface area (Å²) < 4.78 is 5.45. The van der Waals surface area contributed by atoms with E-state index < -0.39 is 10.8 Å². The van der Waals surface area contributed by atoms with Gasteiger partial charge in [-0.25, -0.2) is 0 Å². The second kappa shape index (κ2) is 6.37. The zero-order valence-corrected chi connectivity index (χ0v) is 11.4. The lowest BCUT2D eigenvalue weighted by atomic mass is 10.1. The van der Waals surface area contributed by atoms with Crippen LogP contribution in [0.4, 0.5) is 5.69 Å². The predicted octanol–water partition coefficient (Wildman–Crippen LogP) is 2.14. The fourth-order valence-corrected chi connectivity index (χ4v) is 1.80. The molecule has 0 bridgehead atoms. The number of carbonyl (C=O) groups excluding carboxylic acids is 1. The molecule has 0 aliphatic rings. The van der Waals surface area contributed by atoms with Gasteiger partial charge < -0.3 is 10.5 Å². The van der Waals surface area contributed by atoms with E-state index >= 15 is 0 Å². The second-order valence-corrected chi connectivity index (χ2v) is 4.39. The first-order chi connectivity index (χ1) is 10.5. The lowest BCUT2D eigenvalue weighted by Gasteiger charge is -2.07. The van der Waals surface area contributed by atoms with Gasteiger partial charge in [-0.15, -0.1) is 0 Å². The molecule has 110 valence electrons. The number of nitrogens with two attached hydrogens (primary N) is 1. The summed E-state index contributed by atoms with van der Waals surface area (Å²) in [5, 5.41) is 19.8. The van der Waals surface area contributed by atoms with Gasteiger partial charge in [0.25, 0.3) is 5.69 Å². The summed E-state index contributed by atoms with van der Waals surface area (Å²) in [5.41, 5.74) is 5.75. The van der Waals surface area contributed by atoms with Crippen LogP contribution < -0.4 is 10.5 Å². The third kappa shape index (κ3) is 3.37. The lowest BCUT2D eigenvalue weighted by Crippen LogP contribution is -2.12. The molecule has 0 unspecified atom stereocenters. The first kappa shape index (κ1) is 15.0. The molecule has 0 aliphatic heterocycles. The maximum Gasteiger partial charge on any atom is 0.276 e. The van der Waals surface area contributed by atoms with E-state index in [4.69, 9.17) is 15.7 Å². The molecule has 2 aromatic carbocycles. The van der Waals surface area contributed by atoms with Crippen LogP contribution in [0.2, 0.25) is 0 Å². The molecule has 22 heavy (non-hydrogen) atoms. The number of ether oxygens (including phenoxy) is 1. The van der Waals surface area contributed by atoms with Crippen LogP contribution in [0.15, 0.2) is 42.5 Å². The highest BCUT2D eigenvalue weighted by Gasteiger charge is 2.16. The molecule has 2 rings (SSSR count). The van der Waals surface area contributed by atoms with Crippen LogP contribution >= 0.6 is 0 Å². The van der Waals surface area contributed by atoms with Crippen molar-refractivity contribution in [3.05, 3.63) is 69.3 Å². The molecule has 0 aliphatic carbocycles.